The van der Waals surface area contributed by atoms with E-state index in [9.17, 15) is 19.2 Å². The Morgan fingerprint density at radius 3 is 2.53 bits per heavy atom. The maximum Gasteiger partial charge on any atom is 0.341 e. The van der Waals surface area contributed by atoms with Crippen molar-refractivity contribution in [2.75, 3.05) is 25.1 Å². The molecule has 0 unspecified atom stereocenters. The summed E-state index contributed by atoms with van der Waals surface area (Å²) in [5, 5.41) is 14.0. The van der Waals surface area contributed by atoms with Gasteiger partial charge in [0.1, 0.15) is 12.2 Å². The number of hydrogen-bond acceptors (Lipinski definition) is 6. The number of rotatable bonds is 9. The van der Waals surface area contributed by atoms with Gasteiger partial charge in [0.2, 0.25) is 5.91 Å². The Morgan fingerprint density at radius 2 is 1.88 bits per heavy atom. The predicted molar refractivity (Wildman–Crippen MR) is 131 cm³/mol. The van der Waals surface area contributed by atoms with Gasteiger partial charge in [0.05, 0.1) is 10.2 Å². The molecule has 0 atom stereocenters. The van der Waals surface area contributed by atoms with E-state index < -0.39 is 37.0 Å². The van der Waals surface area contributed by atoms with E-state index in [1.807, 2.05) is 41.6 Å². The molecule has 10 nitrogen and oxygen atoms in total. The number of benzene rings is 2. The largest absolute Gasteiger partial charge is 0.490 e. The fourth-order valence-corrected chi connectivity index (χ4v) is 3.85. The first-order chi connectivity index (χ1) is 16.2. The van der Waals surface area contributed by atoms with Crippen LogP contribution in [0, 0.1) is 10.5 Å². The van der Waals surface area contributed by atoms with Gasteiger partial charge in [-0.15, -0.1) is 0 Å². The molecule has 0 aliphatic carbocycles. The zero-order chi connectivity index (χ0) is 24.8. The summed E-state index contributed by atoms with van der Waals surface area (Å²) in [6, 6.07) is 9.63. The summed E-state index contributed by atoms with van der Waals surface area (Å²) in [6.45, 7) is 3.00. The monoisotopic (exact) mass is 579 g/mol. The molecule has 1 heterocycles. The molecule has 1 aliphatic rings. The molecule has 0 bridgehead atoms. The molecule has 3 N–H and O–H groups in total. The quantitative estimate of drug-likeness (QED) is 0.236. The van der Waals surface area contributed by atoms with Crippen molar-refractivity contribution in [3.8, 4) is 11.5 Å². The van der Waals surface area contributed by atoms with Crippen molar-refractivity contribution >= 4 is 58.2 Å². The number of ether oxygens (including phenoxy) is 2. The van der Waals surface area contributed by atoms with Gasteiger partial charge in [-0.25, -0.2) is 14.5 Å². The topological polar surface area (TPSA) is 134 Å². The van der Waals surface area contributed by atoms with Gasteiger partial charge in [0, 0.05) is 5.69 Å². The second-order valence-electron chi connectivity index (χ2n) is 7.24. The number of carbonyl (C=O) groups excluding carboxylic acids is 3. The van der Waals surface area contributed by atoms with Gasteiger partial charge in [0.15, 0.2) is 18.1 Å². The van der Waals surface area contributed by atoms with E-state index >= 15 is 0 Å². The van der Waals surface area contributed by atoms with E-state index in [-0.39, 0.29) is 11.4 Å². The highest BCUT2D eigenvalue weighted by Crippen LogP contribution is 2.35. The van der Waals surface area contributed by atoms with Gasteiger partial charge in [-0.3, -0.25) is 9.59 Å². The Morgan fingerprint density at radius 1 is 1.18 bits per heavy atom. The minimum Gasteiger partial charge on any atom is -0.490 e. The first-order valence-electron chi connectivity index (χ1n) is 10.2. The summed E-state index contributed by atoms with van der Waals surface area (Å²) in [6.07, 6.45) is 1.45. The highest BCUT2D eigenvalue weighted by Gasteiger charge is 2.35. The molecule has 1 saturated heterocycles. The third-order valence-electron chi connectivity index (χ3n) is 4.58. The number of imide groups is 1. The predicted octanol–water partition coefficient (Wildman–Crippen LogP) is 2.99. The standard InChI is InChI=1S/C23H22IN3O7/c1-3-33-18-10-14(8-16(24)21(18)34-12-20(29)30)9-17-22(31)27(23(32)26-17)11-19(28)25-15-6-4-13(2)5-7-15/h4-10H,3,11-12H2,1-2H3,(H,25,28)(H,26,32)(H,29,30)/b17-9+. The van der Waals surface area contributed by atoms with Crippen molar-refractivity contribution < 1.29 is 33.8 Å². The molecule has 34 heavy (non-hydrogen) atoms. The number of urea groups is 1. The molecule has 1 fully saturated rings. The van der Waals surface area contributed by atoms with Gasteiger partial charge in [-0.05, 0) is 72.3 Å². The molecule has 0 saturated carbocycles. The van der Waals surface area contributed by atoms with Crippen LogP contribution in [0.2, 0.25) is 0 Å². The van der Waals surface area contributed by atoms with Gasteiger partial charge in [0.25, 0.3) is 5.91 Å². The minimum absolute atomic E-state index is 0.00871. The molecule has 1 aliphatic heterocycles. The minimum atomic E-state index is -1.13. The van der Waals surface area contributed by atoms with Crippen LogP contribution in [0.25, 0.3) is 6.08 Å². The van der Waals surface area contributed by atoms with Gasteiger partial charge >= 0.3 is 12.0 Å². The van der Waals surface area contributed by atoms with Crippen molar-refractivity contribution in [2.24, 2.45) is 0 Å². The third kappa shape index (κ3) is 6.25. The average Bonchev–Trinajstić information content (AvgIpc) is 3.02. The van der Waals surface area contributed by atoms with Crippen LogP contribution in [0.3, 0.4) is 0 Å². The highest BCUT2D eigenvalue weighted by molar-refractivity contribution is 14.1. The Kier molecular flexibility index (Phi) is 8.10. The zero-order valence-corrected chi connectivity index (χ0v) is 20.5. The molecule has 0 spiro atoms. The second kappa shape index (κ2) is 11.0. The molecule has 3 rings (SSSR count). The number of nitrogens with one attached hydrogen (secondary N) is 2. The van der Waals surface area contributed by atoms with Crippen LogP contribution in [-0.4, -0.2) is 53.6 Å². The van der Waals surface area contributed by atoms with E-state index in [1.54, 1.807) is 31.2 Å². The molecule has 0 aromatic heterocycles. The number of nitrogens with zero attached hydrogens (tertiary/aromatic N) is 1. The number of aliphatic carboxylic acids is 1. The maximum absolute atomic E-state index is 12.8. The summed E-state index contributed by atoms with van der Waals surface area (Å²) < 4.78 is 11.4. The van der Waals surface area contributed by atoms with Crippen molar-refractivity contribution in [1.82, 2.24) is 10.2 Å². The number of aryl methyl sites for hydroxylation is 1. The lowest BCUT2D eigenvalue weighted by molar-refractivity contribution is -0.139. The number of carboxylic acids is 1. The van der Waals surface area contributed by atoms with Crippen molar-refractivity contribution in [1.29, 1.82) is 0 Å². The fourth-order valence-electron chi connectivity index (χ4n) is 3.07. The van der Waals surface area contributed by atoms with Gasteiger partial charge in [-0.2, -0.15) is 0 Å². The van der Waals surface area contributed by atoms with Crippen molar-refractivity contribution in [3.63, 3.8) is 0 Å². The number of carbonyl (C=O) groups is 4. The van der Waals surface area contributed by atoms with Gasteiger partial charge < -0.3 is 25.2 Å². The molecule has 2 aromatic rings. The van der Waals surface area contributed by atoms with Crippen LogP contribution in [0.5, 0.6) is 11.5 Å². The summed E-state index contributed by atoms with van der Waals surface area (Å²) in [5.74, 6) is -1.73. The lowest BCUT2D eigenvalue weighted by atomic mass is 10.1. The lowest BCUT2D eigenvalue weighted by Gasteiger charge is -2.14. The number of hydrogen-bond donors (Lipinski definition) is 3. The Bertz CT molecular complexity index is 1160. The van der Waals surface area contributed by atoms with Crippen LogP contribution in [0.15, 0.2) is 42.1 Å². The Labute approximate surface area is 209 Å². The van der Waals surface area contributed by atoms with Crippen molar-refractivity contribution in [3.05, 3.63) is 56.8 Å². The van der Waals surface area contributed by atoms with E-state index in [2.05, 4.69) is 10.6 Å². The molecule has 178 valence electrons. The molecular formula is C23H22IN3O7. The SMILES string of the molecule is CCOc1cc(/C=C2/NC(=O)N(CC(=O)Nc3ccc(C)cc3)C2=O)cc(I)c1OCC(=O)O. The molecule has 11 heteroatoms. The highest BCUT2D eigenvalue weighted by atomic mass is 127. The molecule has 2 aromatic carbocycles. The number of halogens is 1. The van der Waals surface area contributed by atoms with Crippen molar-refractivity contribution in [2.45, 2.75) is 13.8 Å². The van der Waals surface area contributed by atoms with E-state index in [0.717, 1.165) is 10.5 Å². The lowest BCUT2D eigenvalue weighted by Crippen LogP contribution is -2.38. The van der Waals surface area contributed by atoms with Crippen LogP contribution >= 0.6 is 22.6 Å². The molecule has 0 radical (unpaired) electrons. The molecular weight excluding hydrogens is 557 g/mol. The van der Waals surface area contributed by atoms with Crippen LogP contribution in [-0.2, 0) is 14.4 Å². The fraction of sp³-hybridized carbons (Fsp3) is 0.217. The van der Waals surface area contributed by atoms with Crippen LogP contribution in [0.1, 0.15) is 18.1 Å². The maximum atomic E-state index is 12.8. The summed E-state index contributed by atoms with van der Waals surface area (Å²) >= 11 is 1.96. The van der Waals surface area contributed by atoms with E-state index in [1.165, 1.54) is 6.08 Å². The number of anilines is 1. The summed E-state index contributed by atoms with van der Waals surface area (Å²) in [7, 11) is 0. The van der Waals surface area contributed by atoms with E-state index in [0.29, 0.717) is 27.2 Å². The normalized spacial score (nSPS) is 14.2. The molecule has 4 amide bonds. The Balaban J connectivity index is 1.76. The third-order valence-corrected chi connectivity index (χ3v) is 5.38. The van der Waals surface area contributed by atoms with Crippen LogP contribution in [0.4, 0.5) is 10.5 Å². The average molecular weight is 579 g/mol. The second-order valence-corrected chi connectivity index (χ2v) is 8.40. The van der Waals surface area contributed by atoms with Crippen LogP contribution < -0.4 is 20.1 Å². The smallest absolute Gasteiger partial charge is 0.341 e. The van der Waals surface area contributed by atoms with E-state index in [4.69, 9.17) is 14.6 Å². The zero-order valence-electron chi connectivity index (χ0n) is 18.4. The Hall–Kier alpha value is -3.61. The summed E-state index contributed by atoms with van der Waals surface area (Å²) in [5.41, 5.74) is 2.10. The number of amides is 4. The first-order valence-corrected chi connectivity index (χ1v) is 11.3. The number of carboxylic acid groups (broad SMARTS) is 1. The first kappa shape index (κ1) is 25.0. The summed E-state index contributed by atoms with van der Waals surface area (Å²) in [4.78, 5) is 49.1. The van der Waals surface area contributed by atoms with Gasteiger partial charge in [-0.1, -0.05) is 17.7 Å².